The van der Waals surface area contributed by atoms with E-state index < -0.39 is 5.97 Å². The molecule has 1 aromatic carbocycles. The third kappa shape index (κ3) is 3.33. The smallest absolute Gasteiger partial charge is 0.328 e. The van der Waals surface area contributed by atoms with Crippen LogP contribution in [0, 0.1) is 11.3 Å². The molecule has 0 saturated carbocycles. The highest BCUT2D eigenvalue weighted by Gasteiger charge is 2.09. The molecule has 0 atom stereocenters. The number of aliphatic carboxylic acids is 1. The Morgan fingerprint density at radius 3 is 2.80 bits per heavy atom. The van der Waals surface area contributed by atoms with Crippen molar-refractivity contribution >= 4 is 12.0 Å². The molecule has 0 fully saturated rings. The Morgan fingerprint density at radius 2 is 2.15 bits per heavy atom. The van der Waals surface area contributed by atoms with Gasteiger partial charge in [0.1, 0.15) is 0 Å². The van der Waals surface area contributed by atoms with E-state index in [1.165, 1.54) is 6.08 Å². The standard InChI is InChI=1S/C15H13N3O2/c16-9-4-10-18-11-13(7-8-14(19)20)15(17-18)12-5-2-1-3-6-12/h1-3,5-8,11H,4,10H2,(H,19,20). The minimum absolute atomic E-state index is 0.359. The summed E-state index contributed by atoms with van der Waals surface area (Å²) in [5.74, 6) is -1.01. The highest BCUT2D eigenvalue weighted by atomic mass is 16.4. The fourth-order valence-electron chi connectivity index (χ4n) is 1.82. The number of carboxylic acids is 1. The molecular formula is C15H13N3O2. The van der Waals surface area contributed by atoms with Crippen molar-refractivity contribution in [2.45, 2.75) is 13.0 Å². The second kappa shape index (κ2) is 6.34. The first kappa shape index (κ1) is 13.6. The molecule has 0 aliphatic rings. The molecule has 1 aromatic heterocycles. The Bertz CT molecular complexity index is 666. The zero-order valence-electron chi connectivity index (χ0n) is 10.7. The molecule has 2 rings (SSSR count). The molecule has 1 heterocycles. The predicted molar refractivity (Wildman–Crippen MR) is 74.6 cm³/mol. The van der Waals surface area contributed by atoms with Gasteiger partial charge in [-0.15, -0.1) is 0 Å². The average Bonchev–Trinajstić information content (AvgIpc) is 2.87. The van der Waals surface area contributed by atoms with Crippen molar-refractivity contribution in [3.8, 4) is 17.3 Å². The first-order valence-electron chi connectivity index (χ1n) is 6.11. The van der Waals surface area contributed by atoms with Crippen LogP contribution in [0.5, 0.6) is 0 Å². The summed E-state index contributed by atoms with van der Waals surface area (Å²) in [5, 5.41) is 21.8. The maximum absolute atomic E-state index is 10.6. The topological polar surface area (TPSA) is 78.9 Å². The largest absolute Gasteiger partial charge is 0.478 e. The highest BCUT2D eigenvalue weighted by Crippen LogP contribution is 2.23. The third-order valence-corrected chi connectivity index (χ3v) is 2.70. The van der Waals surface area contributed by atoms with Gasteiger partial charge in [-0.3, -0.25) is 4.68 Å². The molecule has 5 heteroatoms. The van der Waals surface area contributed by atoms with E-state index in [1.807, 2.05) is 30.3 Å². The van der Waals surface area contributed by atoms with Crippen LogP contribution in [0.2, 0.25) is 0 Å². The first-order valence-corrected chi connectivity index (χ1v) is 6.11. The second-order valence-corrected chi connectivity index (χ2v) is 4.14. The molecule has 0 aliphatic carbocycles. The maximum Gasteiger partial charge on any atom is 0.328 e. The lowest BCUT2D eigenvalue weighted by Crippen LogP contribution is -1.97. The normalized spacial score (nSPS) is 10.6. The molecule has 5 nitrogen and oxygen atoms in total. The summed E-state index contributed by atoms with van der Waals surface area (Å²) in [4.78, 5) is 10.6. The number of aromatic nitrogens is 2. The molecule has 0 saturated heterocycles. The van der Waals surface area contributed by atoms with Gasteiger partial charge in [-0.25, -0.2) is 4.79 Å². The summed E-state index contributed by atoms with van der Waals surface area (Å²) in [7, 11) is 0. The number of carboxylic acid groups (broad SMARTS) is 1. The lowest BCUT2D eigenvalue weighted by molar-refractivity contribution is -0.131. The van der Waals surface area contributed by atoms with Crippen molar-refractivity contribution in [2.24, 2.45) is 0 Å². The monoisotopic (exact) mass is 267 g/mol. The molecule has 0 bridgehead atoms. The SMILES string of the molecule is N#CCCn1cc(C=CC(=O)O)c(-c2ccccc2)n1. The van der Waals surface area contributed by atoms with Gasteiger partial charge in [0.25, 0.3) is 0 Å². The average molecular weight is 267 g/mol. The number of rotatable bonds is 5. The van der Waals surface area contributed by atoms with Crippen molar-refractivity contribution < 1.29 is 9.90 Å². The van der Waals surface area contributed by atoms with Crippen LogP contribution in [0.25, 0.3) is 17.3 Å². The van der Waals surface area contributed by atoms with Crippen molar-refractivity contribution in [3.63, 3.8) is 0 Å². The van der Waals surface area contributed by atoms with E-state index in [1.54, 1.807) is 10.9 Å². The fraction of sp³-hybridized carbons (Fsp3) is 0.133. The first-order chi connectivity index (χ1) is 9.70. The zero-order chi connectivity index (χ0) is 14.4. The van der Waals surface area contributed by atoms with Crippen LogP contribution in [0.1, 0.15) is 12.0 Å². The van der Waals surface area contributed by atoms with Gasteiger partial charge in [0.15, 0.2) is 0 Å². The van der Waals surface area contributed by atoms with E-state index in [-0.39, 0.29) is 0 Å². The van der Waals surface area contributed by atoms with Gasteiger partial charge in [-0.2, -0.15) is 10.4 Å². The van der Waals surface area contributed by atoms with Gasteiger partial charge in [-0.1, -0.05) is 30.3 Å². The van der Waals surface area contributed by atoms with Crippen molar-refractivity contribution in [1.82, 2.24) is 9.78 Å². The van der Waals surface area contributed by atoms with Crippen LogP contribution in [0.4, 0.5) is 0 Å². The zero-order valence-corrected chi connectivity index (χ0v) is 10.7. The summed E-state index contributed by atoms with van der Waals surface area (Å²) < 4.78 is 1.66. The van der Waals surface area contributed by atoms with Gasteiger partial charge in [0.05, 0.1) is 24.7 Å². The fourth-order valence-corrected chi connectivity index (χ4v) is 1.82. The number of nitriles is 1. The molecule has 0 amide bonds. The summed E-state index contributed by atoms with van der Waals surface area (Å²) in [5.41, 5.74) is 2.34. The van der Waals surface area contributed by atoms with E-state index in [0.29, 0.717) is 18.7 Å². The molecule has 0 aliphatic heterocycles. The molecule has 2 aromatic rings. The Balaban J connectivity index is 2.40. The second-order valence-electron chi connectivity index (χ2n) is 4.14. The number of hydrogen-bond donors (Lipinski definition) is 1. The van der Waals surface area contributed by atoms with E-state index in [9.17, 15) is 4.79 Å². The number of hydrogen-bond acceptors (Lipinski definition) is 3. The molecule has 0 unspecified atom stereocenters. The quantitative estimate of drug-likeness (QED) is 0.844. The molecule has 20 heavy (non-hydrogen) atoms. The lowest BCUT2D eigenvalue weighted by Gasteiger charge is -1.98. The number of benzene rings is 1. The molecule has 0 spiro atoms. The molecule has 0 radical (unpaired) electrons. The van der Waals surface area contributed by atoms with Gasteiger partial charge in [0.2, 0.25) is 0 Å². The van der Waals surface area contributed by atoms with Gasteiger partial charge in [-0.05, 0) is 6.08 Å². The highest BCUT2D eigenvalue weighted by molar-refractivity contribution is 5.87. The van der Waals surface area contributed by atoms with E-state index in [2.05, 4.69) is 11.2 Å². The van der Waals surface area contributed by atoms with Gasteiger partial charge >= 0.3 is 5.97 Å². The van der Waals surface area contributed by atoms with Crippen LogP contribution in [-0.4, -0.2) is 20.9 Å². The van der Waals surface area contributed by atoms with Crippen LogP contribution in [0.3, 0.4) is 0 Å². The minimum atomic E-state index is -1.01. The van der Waals surface area contributed by atoms with Crippen LogP contribution < -0.4 is 0 Å². The van der Waals surface area contributed by atoms with Gasteiger partial charge in [0, 0.05) is 23.4 Å². The van der Waals surface area contributed by atoms with Gasteiger partial charge < -0.3 is 5.11 Å². The summed E-state index contributed by atoms with van der Waals surface area (Å²) in [6, 6.07) is 11.6. The van der Waals surface area contributed by atoms with E-state index in [0.717, 1.165) is 17.2 Å². The third-order valence-electron chi connectivity index (χ3n) is 2.70. The lowest BCUT2D eigenvalue weighted by atomic mass is 10.1. The Kier molecular flexibility index (Phi) is 4.30. The molecular weight excluding hydrogens is 254 g/mol. The molecule has 100 valence electrons. The minimum Gasteiger partial charge on any atom is -0.478 e. The maximum atomic E-state index is 10.6. The number of aryl methyl sites for hydroxylation is 1. The van der Waals surface area contributed by atoms with Crippen LogP contribution in [0.15, 0.2) is 42.6 Å². The predicted octanol–water partition coefficient (Wildman–Crippen LogP) is 2.56. The number of nitrogens with zero attached hydrogens (tertiary/aromatic N) is 3. The Hall–Kier alpha value is -2.87. The Labute approximate surface area is 116 Å². The van der Waals surface area contributed by atoms with Crippen molar-refractivity contribution in [3.05, 3.63) is 48.2 Å². The Morgan fingerprint density at radius 1 is 1.40 bits per heavy atom. The van der Waals surface area contributed by atoms with E-state index >= 15 is 0 Å². The van der Waals surface area contributed by atoms with Crippen LogP contribution >= 0.6 is 0 Å². The summed E-state index contributed by atoms with van der Waals surface area (Å²) in [6.45, 7) is 0.483. The van der Waals surface area contributed by atoms with E-state index in [4.69, 9.17) is 10.4 Å². The number of carbonyl (C=O) groups is 1. The van der Waals surface area contributed by atoms with Crippen molar-refractivity contribution in [1.29, 1.82) is 5.26 Å². The van der Waals surface area contributed by atoms with Crippen LogP contribution in [-0.2, 0) is 11.3 Å². The van der Waals surface area contributed by atoms with Crippen molar-refractivity contribution in [2.75, 3.05) is 0 Å². The summed E-state index contributed by atoms with van der Waals surface area (Å²) >= 11 is 0. The summed E-state index contributed by atoms with van der Waals surface area (Å²) in [6.07, 6.45) is 4.70. The molecule has 1 N–H and O–H groups in total.